The zero-order chi connectivity index (χ0) is 32.6. The third-order valence-electron chi connectivity index (χ3n) is 8.69. The normalized spacial score (nSPS) is 11.3. The minimum Gasteiger partial charge on any atom is -0.455 e. The summed E-state index contributed by atoms with van der Waals surface area (Å²) in [6, 6.07) is 54.8. The molecule has 6 nitrogen and oxygen atoms in total. The van der Waals surface area contributed by atoms with Crippen molar-refractivity contribution < 1.29 is 4.42 Å². The van der Waals surface area contributed by atoms with Crippen molar-refractivity contribution in [2.75, 3.05) is 0 Å². The van der Waals surface area contributed by atoms with Crippen molar-refractivity contribution in [2.45, 2.75) is 0 Å². The summed E-state index contributed by atoms with van der Waals surface area (Å²) in [5.41, 5.74) is 10.0. The van der Waals surface area contributed by atoms with Gasteiger partial charge < -0.3 is 4.42 Å². The number of aromatic nitrogens is 5. The first-order chi connectivity index (χ1) is 24.3. The quantitative estimate of drug-likeness (QED) is 0.182. The molecule has 230 valence electrons. The van der Waals surface area contributed by atoms with Crippen molar-refractivity contribution in [1.29, 1.82) is 0 Å². The predicted molar refractivity (Wildman–Crippen MR) is 195 cm³/mol. The lowest BCUT2D eigenvalue weighted by atomic mass is 9.97. The third kappa shape index (κ3) is 5.31. The zero-order valence-electron chi connectivity index (χ0n) is 26.2. The van der Waals surface area contributed by atoms with Crippen molar-refractivity contribution in [2.24, 2.45) is 0 Å². The molecule has 3 aromatic heterocycles. The number of nitrogens with zero attached hydrogens (tertiary/aromatic N) is 5. The highest BCUT2D eigenvalue weighted by molar-refractivity contribution is 6.15. The first-order valence-corrected chi connectivity index (χ1v) is 16.1. The van der Waals surface area contributed by atoms with E-state index < -0.39 is 0 Å². The van der Waals surface area contributed by atoms with E-state index in [2.05, 4.69) is 52.7 Å². The minimum atomic E-state index is 0.587. The van der Waals surface area contributed by atoms with Crippen molar-refractivity contribution in [3.05, 3.63) is 164 Å². The summed E-state index contributed by atoms with van der Waals surface area (Å²) < 4.78 is 6.61. The van der Waals surface area contributed by atoms with Gasteiger partial charge in [0.15, 0.2) is 17.5 Å². The second kappa shape index (κ2) is 12.1. The Balaban J connectivity index is 1.16. The number of hydrogen-bond donors (Lipinski definition) is 0. The molecule has 0 aliphatic carbocycles. The topological polar surface area (TPSA) is 77.6 Å². The second-order valence-corrected chi connectivity index (χ2v) is 11.7. The van der Waals surface area contributed by atoms with Gasteiger partial charge in [-0.05, 0) is 35.9 Å². The van der Waals surface area contributed by atoms with Crippen molar-refractivity contribution in [1.82, 2.24) is 25.1 Å². The fourth-order valence-electron chi connectivity index (χ4n) is 6.24. The lowest BCUT2D eigenvalue weighted by molar-refractivity contribution is 0.670. The standard InChI is InChI=1S/C43H27N5O/c1-4-12-29(13-5-1)36-26-27-37(48-47-36)30-22-20-28(21-23-30)33-24-25-35(39-34-18-10-11-19-38(34)49-40(33)39)43-45-41(31-14-6-2-7-15-31)44-42(46-43)32-16-8-3-9-17-32/h1-27H. The van der Waals surface area contributed by atoms with Crippen LogP contribution in [0.1, 0.15) is 0 Å². The number of rotatable bonds is 6. The minimum absolute atomic E-state index is 0.587. The summed E-state index contributed by atoms with van der Waals surface area (Å²) in [7, 11) is 0. The number of para-hydroxylation sites is 1. The molecule has 0 atom stereocenters. The van der Waals surface area contributed by atoms with E-state index in [4.69, 9.17) is 19.4 Å². The molecule has 0 unspecified atom stereocenters. The molecule has 0 N–H and O–H groups in total. The Bertz CT molecular complexity index is 2510. The third-order valence-corrected chi connectivity index (χ3v) is 8.69. The fourth-order valence-corrected chi connectivity index (χ4v) is 6.24. The van der Waals surface area contributed by atoms with E-state index in [1.807, 2.05) is 121 Å². The average Bonchev–Trinajstić information content (AvgIpc) is 3.58. The monoisotopic (exact) mass is 629 g/mol. The van der Waals surface area contributed by atoms with Crippen LogP contribution in [0, 0.1) is 0 Å². The average molecular weight is 630 g/mol. The molecule has 9 rings (SSSR count). The molecule has 3 heterocycles. The largest absolute Gasteiger partial charge is 0.455 e. The second-order valence-electron chi connectivity index (χ2n) is 11.7. The van der Waals surface area contributed by atoms with Gasteiger partial charge in [0.1, 0.15) is 11.2 Å². The van der Waals surface area contributed by atoms with Gasteiger partial charge in [-0.2, -0.15) is 0 Å². The molecule has 0 aliphatic rings. The van der Waals surface area contributed by atoms with E-state index in [0.717, 1.165) is 72.3 Å². The maximum Gasteiger partial charge on any atom is 0.164 e. The molecule has 6 aromatic carbocycles. The van der Waals surface area contributed by atoms with Crippen LogP contribution in [-0.4, -0.2) is 25.1 Å². The van der Waals surface area contributed by atoms with Gasteiger partial charge in [-0.3, -0.25) is 0 Å². The van der Waals surface area contributed by atoms with Gasteiger partial charge in [0.25, 0.3) is 0 Å². The summed E-state index contributed by atoms with van der Waals surface area (Å²) in [5, 5.41) is 11.0. The molecule has 0 radical (unpaired) electrons. The molecule has 49 heavy (non-hydrogen) atoms. The van der Waals surface area contributed by atoms with Gasteiger partial charge in [0.2, 0.25) is 0 Å². The Labute approximate surface area is 282 Å². The van der Waals surface area contributed by atoms with E-state index in [-0.39, 0.29) is 0 Å². The molecule has 0 saturated heterocycles. The van der Waals surface area contributed by atoms with Gasteiger partial charge in [-0.25, -0.2) is 15.0 Å². The van der Waals surface area contributed by atoms with Crippen LogP contribution in [0.4, 0.5) is 0 Å². The molecule has 0 spiro atoms. The van der Waals surface area contributed by atoms with Crippen LogP contribution in [0.15, 0.2) is 168 Å². The summed E-state index contributed by atoms with van der Waals surface area (Å²) in [4.78, 5) is 15.0. The number of fused-ring (bicyclic) bond motifs is 3. The Morgan fingerprint density at radius 2 is 0.816 bits per heavy atom. The SMILES string of the molecule is c1ccc(-c2ccc(-c3ccc(-c4ccc(-c5nc(-c6ccccc6)nc(-c6ccccc6)n5)c5c4oc4ccccc45)cc3)nn2)cc1. The summed E-state index contributed by atoms with van der Waals surface area (Å²) >= 11 is 0. The Morgan fingerprint density at radius 1 is 0.347 bits per heavy atom. The van der Waals surface area contributed by atoms with Crippen LogP contribution in [0.5, 0.6) is 0 Å². The van der Waals surface area contributed by atoms with Crippen LogP contribution in [0.3, 0.4) is 0 Å². The number of hydrogen-bond acceptors (Lipinski definition) is 6. The molecular weight excluding hydrogens is 603 g/mol. The highest BCUT2D eigenvalue weighted by Crippen LogP contribution is 2.41. The molecular formula is C43H27N5O. The van der Waals surface area contributed by atoms with Crippen molar-refractivity contribution in [3.8, 4) is 67.8 Å². The lowest BCUT2D eigenvalue weighted by Crippen LogP contribution is -2.00. The summed E-state index contributed by atoms with van der Waals surface area (Å²) in [6.45, 7) is 0. The van der Waals surface area contributed by atoms with Crippen LogP contribution >= 0.6 is 0 Å². The van der Waals surface area contributed by atoms with Crippen LogP contribution < -0.4 is 0 Å². The highest BCUT2D eigenvalue weighted by atomic mass is 16.3. The molecule has 0 aliphatic heterocycles. The molecule has 6 heteroatoms. The predicted octanol–water partition coefficient (Wildman–Crippen LogP) is 10.6. The van der Waals surface area contributed by atoms with E-state index >= 15 is 0 Å². The molecule has 0 fully saturated rings. The fraction of sp³-hybridized carbons (Fsp3) is 0. The van der Waals surface area contributed by atoms with Gasteiger partial charge in [0, 0.05) is 44.2 Å². The summed E-state index contributed by atoms with van der Waals surface area (Å²) in [5.74, 6) is 1.82. The summed E-state index contributed by atoms with van der Waals surface area (Å²) in [6.07, 6.45) is 0. The Hall–Kier alpha value is -6.79. The smallest absolute Gasteiger partial charge is 0.164 e. The van der Waals surface area contributed by atoms with Gasteiger partial charge in [-0.1, -0.05) is 133 Å². The first kappa shape index (κ1) is 28.4. The van der Waals surface area contributed by atoms with Crippen LogP contribution in [0.2, 0.25) is 0 Å². The van der Waals surface area contributed by atoms with Gasteiger partial charge >= 0.3 is 0 Å². The van der Waals surface area contributed by atoms with E-state index in [1.54, 1.807) is 0 Å². The van der Waals surface area contributed by atoms with Gasteiger partial charge in [-0.15, -0.1) is 10.2 Å². The molecule has 0 saturated carbocycles. The lowest BCUT2D eigenvalue weighted by Gasteiger charge is -2.11. The highest BCUT2D eigenvalue weighted by Gasteiger charge is 2.20. The van der Waals surface area contributed by atoms with Crippen molar-refractivity contribution >= 4 is 21.9 Å². The zero-order valence-corrected chi connectivity index (χ0v) is 26.2. The van der Waals surface area contributed by atoms with Crippen molar-refractivity contribution in [3.63, 3.8) is 0 Å². The maximum atomic E-state index is 6.61. The van der Waals surface area contributed by atoms with Crippen LogP contribution in [0.25, 0.3) is 89.7 Å². The molecule has 9 aromatic rings. The Morgan fingerprint density at radius 3 is 1.41 bits per heavy atom. The first-order valence-electron chi connectivity index (χ1n) is 16.1. The van der Waals surface area contributed by atoms with E-state index in [9.17, 15) is 0 Å². The van der Waals surface area contributed by atoms with Gasteiger partial charge in [0.05, 0.1) is 11.4 Å². The molecule has 0 amide bonds. The van der Waals surface area contributed by atoms with E-state index in [1.165, 1.54) is 0 Å². The molecule has 0 bridgehead atoms. The van der Waals surface area contributed by atoms with E-state index in [0.29, 0.717) is 17.5 Å². The Kier molecular flexibility index (Phi) is 7.02. The number of benzene rings is 6. The maximum absolute atomic E-state index is 6.61. The van der Waals surface area contributed by atoms with Crippen LogP contribution in [-0.2, 0) is 0 Å². The number of furan rings is 1.